The van der Waals surface area contributed by atoms with Crippen molar-refractivity contribution in [1.82, 2.24) is 19.9 Å². The number of carbonyl (C=O) groups is 1. The Bertz CT molecular complexity index is 564. The molecule has 0 saturated heterocycles. The highest BCUT2D eigenvalue weighted by atomic mass is 35.5. The molecule has 0 aliphatic carbocycles. The fourth-order valence-corrected chi connectivity index (χ4v) is 1.85. The minimum absolute atomic E-state index is 0.0990. The molecule has 0 spiro atoms. The number of fused-ring (bicyclic) bond motifs is 1. The molecule has 2 aromatic rings. The van der Waals surface area contributed by atoms with Gasteiger partial charge >= 0.3 is 0 Å². The van der Waals surface area contributed by atoms with Gasteiger partial charge in [0.2, 0.25) is 5.91 Å². The summed E-state index contributed by atoms with van der Waals surface area (Å²) in [5.74, 6) is 0.813. The van der Waals surface area contributed by atoms with Gasteiger partial charge in [0.1, 0.15) is 17.9 Å². The van der Waals surface area contributed by atoms with Crippen LogP contribution in [-0.4, -0.2) is 27.5 Å². The van der Waals surface area contributed by atoms with Crippen LogP contribution in [0.15, 0.2) is 12.3 Å². The van der Waals surface area contributed by atoms with Gasteiger partial charge in [-0.05, 0) is 18.6 Å². The van der Waals surface area contributed by atoms with Gasteiger partial charge in [-0.3, -0.25) is 4.79 Å². The van der Waals surface area contributed by atoms with Crippen molar-refractivity contribution in [2.75, 3.05) is 7.05 Å². The molecule has 2 rings (SSSR count). The molecule has 5 nitrogen and oxygen atoms in total. The first-order chi connectivity index (χ1) is 8.15. The van der Waals surface area contributed by atoms with Gasteiger partial charge in [0.15, 0.2) is 5.65 Å². The predicted molar refractivity (Wildman–Crippen MR) is 65.9 cm³/mol. The summed E-state index contributed by atoms with van der Waals surface area (Å²) in [4.78, 5) is 20.1. The number of nitrogens with zero attached hydrogens (tertiary/aromatic N) is 3. The highest BCUT2D eigenvalue weighted by Gasteiger charge is 2.13. The van der Waals surface area contributed by atoms with Crippen LogP contribution < -0.4 is 5.32 Å². The van der Waals surface area contributed by atoms with Crippen molar-refractivity contribution in [3.63, 3.8) is 0 Å². The van der Waals surface area contributed by atoms with Crippen LogP contribution in [0.25, 0.3) is 11.2 Å². The topological polar surface area (TPSA) is 59.8 Å². The Morgan fingerprint density at radius 3 is 3.00 bits per heavy atom. The Morgan fingerprint density at radius 2 is 2.35 bits per heavy atom. The van der Waals surface area contributed by atoms with E-state index >= 15 is 0 Å². The number of aromatic nitrogens is 3. The van der Waals surface area contributed by atoms with Crippen molar-refractivity contribution in [3.05, 3.63) is 23.7 Å². The van der Waals surface area contributed by atoms with E-state index in [1.165, 1.54) is 0 Å². The molecule has 2 aromatic heterocycles. The van der Waals surface area contributed by atoms with E-state index in [0.29, 0.717) is 11.5 Å². The number of likely N-dealkylation sites (N-methyl/N-ethyl adjacent to an activating group) is 1. The third-order valence-electron chi connectivity index (χ3n) is 2.50. The van der Waals surface area contributed by atoms with E-state index in [1.807, 2.05) is 13.0 Å². The smallest absolute Gasteiger partial charge is 0.239 e. The zero-order valence-corrected chi connectivity index (χ0v) is 10.5. The third-order valence-corrected chi connectivity index (χ3v) is 2.74. The summed E-state index contributed by atoms with van der Waals surface area (Å²) in [5.41, 5.74) is 2.49. The van der Waals surface area contributed by atoms with Gasteiger partial charge < -0.3 is 9.88 Å². The second-order valence-electron chi connectivity index (χ2n) is 3.78. The normalized spacial score (nSPS) is 10.8. The molecule has 0 saturated carbocycles. The number of hydrogen-bond donors (Lipinski definition) is 1. The highest BCUT2D eigenvalue weighted by Crippen LogP contribution is 2.16. The van der Waals surface area contributed by atoms with Crippen LogP contribution in [0.4, 0.5) is 0 Å². The van der Waals surface area contributed by atoms with Crippen molar-refractivity contribution in [1.29, 1.82) is 0 Å². The molecule has 90 valence electrons. The van der Waals surface area contributed by atoms with Gasteiger partial charge in [-0.25, -0.2) is 9.97 Å². The maximum absolute atomic E-state index is 11.4. The van der Waals surface area contributed by atoms with Crippen LogP contribution in [0.2, 0.25) is 0 Å². The van der Waals surface area contributed by atoms with Crippen LogP contribution in [0.5, 0.6) is 0 Å². The summed E-state index contributed by atoms with van der Waals surface area (Å²) < 4.78 is 1.74. The second kappa shape index (κ2) is 4.71. The quantitative estimate of drug-likeness (QED) is 0.836. The fraction of sp³-hybridized carbons (Fsp3) is 0.364. The molecule has 0 radical (unpaired) electrons. The van der Waals surface area contributed by atoms with E-state index in [0.717, 1.165) is 11.1 Å². The van der Waals surface area contributed by atoms with Gasteiger partial charge in [-0.15, -0.1) is 11.6 Å². The number of nitrogens with one attached hydrogen (secondary N) is 1. The number of hydrogen-bond acceptors (Lipinski definition) is 3. The van der Waals surface area contributed by atoms with E-state index in [1.54, 1.807) is 17.8 Å². The van der Waals surface area contributed by atoms with Gasteiger partial charge in [0.05, 0.1) is 5.88 Å². The number of halogens is 1. The van der Waals surface area contributed by atoms with Crippen molar-refractivity contribution in [3.8, 4) is 0 Å². The van der Waals surface area contributed by atoms with Crippen LogP contribution in [-0.2, 0) is 17.2 Å². The molecule has 6 heteroatoms. The number of carbonyl (C=O) groups excluding carboxylic acids is 1. The molecule has 0 fully saturated rings. The molecular formula is C11H13ClN4O. The zero-order valence-electron chi connectivity index (χ0n) is 9.70. The number of alkyl halides is 1. The van der Waals surface area contributed by atoms with Gasteiger partial charge in [-0.1, -0.05) is 0 Å². The lowest BCUT2D eigenvalue weighted by Gasteiger charge is -2.05. The van der Waals surface area contributed by atoms with Crippen LogP contribution in [0, 0.1) is 6.92 Å². The van der Waals surface area contributed by atoms with Crippen LogP contribution in [0.3, 0.4) is 0 Å². The summed E-state index contributed by atoms with van der Waals surface area (Å²) in [6.07, 6.45) is 1.75. The van der Waals surface area contributed by atoms with Crippen molar-refractivity contribution in [2.24, 2.45) is 0 Å². The molecule has 0 aliphatic rings. The number of aryl methyl sites for hydroxylation is 1. The van der Waals surface area contributed by atoms with E-state index in [9.17, 15) is 4.79 Å². The summed E-state index contributed by atoms with van der Waals surface area (Å²) in [6.45, 7) is 2.13. The van der Waals surface area contributed by atoms with E-state index in [4.69, 9.17) is 11.6 Å². The lowest BCUT2D eigenvalue weighted by Crippen LogP contribution is -2.24. The predicted octanol–water partition coefficient (Wildman–Crippen LogP) is 1.22. The Labute approximate surface area is 104 Å². The minimum atomic E-state index is -0.0990. The monoisotopic (exact) mass is 252 g/mol. The molecule has 0 aliphatic heterocycles. The van der Waals surface area contributed by atoms with Crippen molar-refractivity contribution >= 4 is 28.7 Å². The van der Waals surface area contributed by atoms with Gasteiger partial charge in [0.25, 0.3) is 0 Å². The van der Waals surface area contributed by atoms with Crippen LogP contribution >= 0.6 is 11.6 Å². The summed E-state index contributed by atoms with van der Waals surface area (Å²) >= 11 is 5.83. The fourth-order valence-electron chi connectivity index (χ4n) is 1.65. The standard InChI is InChI=1S/C11H13ClN4O/c1-7-3-8-11(14-5-7)16(6-10(17)13-2)9(4-12)15-8/h3,5H,4,6H2,1-2H3,(H,13,17). The number of amides is 1. The maximum Gasteiger partial charge on any atom is 0.239 e. The molecule has 1 amide bonds. The Hall–Kier alpha value is -1.62. The molecule has 17 heavy (non-hydrogen) atoms. The molecule has 0 aromatic carbocycles. The van der Waals surface area contributed by atoms with Crippen molar-refractivity contribution in [2.45, 2.75) is 19.3 Å². The number of rotatable bonds is 3. The number of imidazole rings is 1. The van der Waals surface area contributed by atoms with Crippen molar-refractivity contribution < 1.29 is 4.79 Å². The Balaban J connectivity index is 2.54. The van der Waals surface area contributed by atoms with E-state index in [-0.39, 0.29) is 18.3 Å². The first-order valence-electron chi connectivity index (χ1n) is 5.24. The average Bonchev–Trinajstić information content (AvgIpc) is 2.66. The van der Waals surface area contributed by atoms with Gasteiger partial charge in [0, 0.05) is 13.2 Å². The largest absolute Gasteiger partial charge is 0.358 e. The highest BCUT2D eigenvalue weighted by molar-refractivity contribution is 6.16. The number of pyridine rings is 1. The molecule has 1 N–H and O–H groups in total. The summed E-state index contributed by atoms with van der Waals surface area (Å²) in [7, 11) is 1.60. The Morgan fingerprint density at radius 1 is 1.59 bits per heavy atom. The maximum atomic E-state index is 11.4. The Kier molecular flexibility index (Phi) is 3.28. The third kappa shape index (κ3) is 2.24. The van der Waals surface area contributed by atoms with Gasteiger partial charge in [-0.2, -0.15) is 0 Å². The second-order valence-corrected chi connectivity index (χ2v) is 4.04. The molecule has 0 atom stereocenters. The average molecular weight is 253 g/mol. The minimum Gasteiger partial charge on any atom is -0.358 e. The zero-order chi connectivity index (χ0) is 12.4. The van der Waals surface area contributed by atoms with E-state index < -0.39 is 0 Å². The molecule has 2 heterocycles. The lowest BCUT2D eigenvalue weighted by atomic mass is 10.3. The van der Waals surface area contributed by atoms with Crippen LogP contribution in [0.1, 0.15) is 11.4 Å². The summed E-state index contributed by atoms with van der Waals surface area (Å²) in [5, 5.41) is 2.57. The first-order valence-corrected chi connectivity index (χ1v) is 5.77. The van der Waals surface area contributed by atoms with E-state index in [2.05, 4.69) is 15.3 Å². The lowest BCUT2D eigenvalue weighted by molar-refractivity contribution is -0.121. The molecule has 0 unspecified atom stereocenters. The molecule has 0 bridgehead atoms. The SMILES string of the molecule is CNC(=O)Cn1c(CCl)nc2cc(C)cnc21. The first kappa shape index (κ1) is 11.9. The summed E-state index contributed by atoms with van der Waals surface area (Å²) in [6, 6.07) is 1.93. The molecular weight excluding hydrogens is 240 g/mol.